The highest BCUT2D eigenvalue weighted by atomic mass is 16.5. The number of hydrogen-bond donors (Lipinski definition) is 2. The lowest BCUT2D eigenvalue weighted by Gasteiger charge is -2.07. The summed E-state index contributed by atoms with van der Waals surface area (Å²) in [5.41, 5.74) is 5.57. The minimum atomic E-state index is -0.873. The topological polar surface area (TPSA) is 67.4 Å². The van der Waals surface area contributed by atoms with E-state index >= 15 is 0 Å². The molecule has 1 aromatic rings. The third kappa shape index (κ3) is 5.01. The van der Waals surface area contributed by atoms with Gasteiger partial charge in [-0.3, -0.25) is 15.6 Å². The summed E-state index contributed by atoms with van der Waals surface area (Å²) in [5, 5.41) is 0. The Balaban J connectivity index is 2.27. The second kappa shape index (κ2) is 7.27. The van der Waals surface area contributed by atoms with Gasteiger partial charge in [-0.25, -0.2) is 4.79 Å². The van der Waals surface area contributed by atoms with Gasteiger partial charge in [0.15, 0.2) is 0 Å². The lowest BCUT2D eigenvalue weighted by molar-refractivity contribution is -0.154. The van der Waals surface area contributed by atoms with Crippen molar-refractivity contribution in [3.63, 3.8) is 0 Å². The summed E-state index contributed by atoms with van der Waals surface area (Å²) < 4.78 is 4.74. The van der Waals surface area contributed by atoms with Gasteiger partial charge in [-0.15, -0.1) is 0 Å². The fourth-order valence-corrected chi connectivity index (χ4v) is 1.08. The van der Waals surface area contributed by atoms with Crippen molar-refractivity contribution in [1.82, 2.24) is 5.43 Å². The van der Waals surface area contributed by atoms with Crippen LogP contribution in [0.15, 0.2) is 30.3 Å². The monoisotopic (exact) mass is 236 g/mol. The highest BCUT2D eigenvalue weighted by molar-refractivity contribution is 6.32. The maximum atomic E-state index is 11.3. The van der Waals surface area contributed by atoms with E-state index in [0.29, 0.717) is 5.69 Å². The lowest BCUT2D eigenvalue weighted by atomic mass is 10.3. The van der Waals surface area contributed by atoms with Crippen LogP contribution in [-0.2, 0) is 14.3 Å². The number of carbonyl (C=O) groups excluding carboxylic acids is 2. The van der Waals surface area contributed by atoms with Crippen molar-refractivity contribution in [3.05, 3.63) is 30.3 Å². The van der Waals surface area contributed by atoms with Crippen LogP contribution in [0.4, 0.5) is 5.69 Å². The SMILES string of the molecule is CCCCOC(=O)C(=O)NNc1ccccc1. The fraction of sp³-hybridized carbons (Fsp3) is 0.333. The van der Waals surface area contributed by atoms with E-state index in [1.807, 2.05) is 25.1 Å². The van der Waals surface area contributed by atoms with Gasteiger partial charge in [0.05, 0.1) is 12.3 Å². The van der Waals surface area contributed by atoms with E-state index in [-0.39, 0.29) is 6.61 Å². The standard InChI is InChI=1S/C12H16N2O3/c1-2-3-9-17-12(16)11(15)14-13-10-7-5-4-6-8-10/h4-8,13H,2-3,9H2,1H3,(H,14,15). The molecule has 17 heavy (non-hydrogen) atoms. The van der Waals surface area contributed by atoms with Crippen LogP contribution in [-0.4, -0.2) is 18.5 Å². The molecule has 0 aromatic heterocycles. The molecular formula is C12H16N2O3. The van der Waals surface area contributed by atoms with Gasteiger partial charge in [0.25, 0.3) is 0 Å². The first-order valence-corrected chi connectivity index (χ1v) is 5.52. The molecule has 0 bridgehead atoms. The molecule has 1 aromatic carbocycles. The molecule has 0 radical (unpaired) electrons. The van der Waals surface area contributed by atoms with E-state index in [9.17, 15) is 9.59 Å². The molecule has 0 saturated heterocycles. The zero-order chi connectivity index (χ0) is 12.5. The molecule has 0 aliphatic heterocycles. The minimum Gasteiger partial charge on any atom is -0.459 e. The molecule has 0 aliphatic carbocycles. The van der Waals surface area contributed by atoms with Crippen molar-refractivity contribution >= 4 is 17.6 Å². The first-order chi connectivity index (χ1) is 8.24. The molecule has 92 valence electrons. The third-order valence-electron chi connectivity index (χ3n) is 2.01. The van der Waals surface area contributed by atoms with Crippen LogP contribution >= 0.6 is 0 Å². The summed E-state index contributed by atoms with van der Waals surface area (Å²) in [4.78, 5) is 22.4. The predicted molar refractivity (Wildman–Crippen MR) is 64.1 cm³/mol. The predicted octanol–water partition coefficient (Wildman–Crippen LogP) is 1.47. The van der Waals surface area contributed by atoms with Crippen LogP contribution < -0.4 is 10.9 Å². The maximum Gasteiger partial charge on any atom is 0.398 e. The first kappa shape index (κ1) is 13.0. The molecule has 1 amide bonds. The molecule has 0 fully saturated rings. The molecule has 5 heteroatoms. The van der Waals surface area contributed by atoms with E-state index in [2.05, 4.69) is 10.9 Å². The smallest absolute Gasteiger partial charge is 0.398 e. The van der Waals surface area contributed by atoms with Gasteiger partial charge in [0, 0.05) is 0 Å². The van der Waals surface area contributed by atoms with Crippen molar-refractivity contribution in [3.8, 4) is 0 Å². The molecule has 1 rings (SSSR count). The summed E-state index contributed by atoms with van der Waals surface area (Å²) in [7, 11) is 0. The van der Waals surface area contributed by atoms with Gasteiger partial charge in [0.2, 0.25) is 0 Å². The second-order valence-corrected chi connectivity index (χ2v) is 3.43. The van der Waals surface area contributed by atoms with Crippen LogP contribution in [0.25, 0.3) is 0 Å². The summed E-state index contributed by atoms with van der Waals surface area (Å²) >= 11 is 0. The van der Waals surface area contributed by atoms with Crippen LogP contribution in [0, 0.1) is 0 Å². The summed E-state index contributed by atoms with van der Waals surface area (Å²) in [6, 6.07) is 9.01. The minimum absolute atomic E-state index is 0.272. The van der Waals surface area contributed by atoms with Gasteiger partial charge < -0.3 is 4.74 Å². The van der Waals surface area contributed by atoms with Gasteiger partial charge in [-0.1, -0.05) is 31.5 Å². The fourth-order valence-electron chi connectivity index (χ4n) is 1.08. The molecule has 0 spiro atoms. The number of ether oxygens (including phenoxy) is 1. The number of para-hydroxylation sites is 1. The average molecular weight is 236 g/mol. The summed E-state index contributed by atoms with van der Waals surface area (Å²) in [6.07, 6.45) is 1.67. The number of carbonyl (C=O) groups is 2. The van der Waals surface area contributed by atoms with Crippen molar-refractivity contribution in [2.75, 3.05) is 12.0 Å². The van der Waals surface area contributed by atoms with Gasteiger partial charge in [-0.05, 0) is 18.6 Å². The van der Waals surface area contributed by atoms with Gasteiger partial charge >= 0.3 is 11.9 Å². The zero-order valence-corrected chi connectivity index (χ0v) is 9.73. The molecule has 2 N–H and O–H groups in total. The Kier molecular flexibility index (Phi) is 5.57. The van der Waals surface area contributed by atoms with E-state index in [1.165, 1.54) is 0 Å². The molecule has 0 saturated carbocycles. The number of unbranched alkanes of at least 4 members (excludes halogenated alkanes) is 1. The number of hydrazine groups is 1. The van der Waals surface area contributed by atoms with E-state index in [4.69, 9.17) is 4.74 Å². The van der Waals surface area contributed by atoms with E-state index < -0.39 is 11.9 Å². The molecular weight excluding hydrogens is 220 g/mol. The highest BCUT2D eigenvalue weighted by Gasteiger charge is 2.14. The highest BCUT2D eigenvalue weighted by Crippen LogP contribution is 2.02. The number of anilines is 1. The molecule has 0 atom stereocenters. The Morgan fingerprint density at radius 3 is 2.59 bits per heavy atom. The Bertz CT molecular complexity index is 365. The second-order valence-electron chi connectivity index (χ2n) is 3.43. The first-order valence-electron chi connectivity index (χ1n) is 5.52. The summed E-state index contributed by atoms with van der Waals surface area (Å²) in [6.45, 7) is 2.25. The summed E-state index contributed by atoms with van der Waals surface area (Å²) in [5.74, 6) is -1.67. The number of benzene rings is 1. The Hall–Kier alpha value is -2.04. The lowest BCUT2D eigenvalue weighted by Crippen LogP contribution is -2.36. The Labute approximate surface area is 100 Å². The molecule has 0 aliphatic rings. The quantitative estimate of drug-likeness (QED) is 0.351. The number of esters is 1. The van der Waals surface area contributed by atoms with Crippen molar-refractivity contribution < 1.29 is 14.3 Å². The van der Waals surface area contributed by atoms with E-state index in [1.54, 1.807) is 12.1 Å². The number of hydrogen-bond acceptors (Lipinski definition) is 4. The molecule has 0 unspecified atom stereocenters. The largest absolute Gasteiger partial charge is 0.459 e. The van der Waals surface area contributed by atoms with Gasteiger partial charge in [0.1, 0.15) is 0 Å². The van der Waals surface area contributed by atoms with Crippen LogP contribution in [0.2, 0.25) is 0 Å². The normalized spacial score (nSPS) is 9.47. The van der Waals surface area contributed by atoms with Crippen molar-refractivity contribution in [2.24, 2.45) is 0 Å². The molecule has 5 nitrogen and oxygen atoms in total. The number of rotatable bonds is 5. The Morgan fingerprint density at radius 1 is 1.24 bits per heavy atom. The van der Waals surface area contributed by atoms with Crippen LogP contribution in [0.3, 0.4) is 0 Å². The van der Waals surface area contributed by atoms with Crippen molar-refractivity contribution in [2.45, 2.75) is 19.8 Å². The third-order valence-corrected chi connectivity index (χ3v) is 2.01. The number of amides is 1. The number of nitrogens with one attached hydrogen (secondary N) is 2. The van der Waals surface area contributed by atoms with Crippen molar-refractivity contribution in [1.29, 1.82) is 0 Å². The Morgan fingerprint density at radius 2 is 1.94 bits per heavy atom. The average Bonchev–Trinajstić information content (AvgIpc) is 2.37. The zero-order valence-electron chi connectivity index (χ0n) is 9.73. The van der Waals surface area contributed by atoms with Gasteiger partial charge in [-0.2, -0.15) is 0 Å². The van der Waals surface area contributed by atoms with E-state index in [0.717, 1.165) is 12.8 Å². The maximum absolute atomic E-state index is 11.3. The van der Waals surface area contributed by atoms with Crippen LogP contribution in [0.1, 0.15) is 19.8 Å². The van der Waals surface area contributed by atoms with Crippen LogP contribution in [0.5, 0.6) is 0 Å². The molecule has 0 heterocycles.